The Morgan fingerprint density at radius 1 is 1.23 bits per heavy atom. The number of amides is 2. The second-order valence-corrected chi connectivity index (χ2v) is 6.10. The van der Waals surface area contributed by atoms with Crippen LogP contribution < -0.4 is 10.6 Å². The van der Waals surface area contributed by atoms with Gasteiger partial charge in [0.15, 0.2) is 5.58 Å². The minimum Gasteiger partial charge on any atom is -0.480 e. The summed E-state index contributed by atoms with van der Waals surface area (Å²) in [6.45, 7) is 3.45. The van der Waals surface area contributed by atoms with Gasteiger partial charge < -0.3 is 20.2 Å². The average molecular weight is 354 g/mol. The van der Waals surface area contributed by atoms with Crippen LogP contribution in [0.15, 0.2) is 47.1 Å². The molecular weight excluding hydrogens is 336 g/mol. The first-order valence-electron chi connectivity index (χ1n) is 8.05. The Labute approximate surface area is 149 Å². The van der Waals surface area contributed by atoms with E-state index in [1.54, 1.807) is 50.5 Å². The highest BCUT2D eigenvalue weighted by Gasteiger charge is 2.23. The van der Waals surface area contributed by atoms with Crippen molar-refractivity contribution in [2.45, 2.75) is 19.9 Å². The van der Waals surface area contributed by atoms with Gasteiger partial charge in [0.25, 0.3) is 0 Å². The number of benzene rings is 1. The minimum atomic E-state index is -1.08. The highest BCUT2D eigenvalue weighted by atomic mass is 16.4. The number of urea groups is 1. The van der Waals surface area contributed by atoms with Crippen LogP contribution in [0.2, 0.25) is 0 Å². The lowest BCUT2D eigenvalue weighted by Gasteiger charge is -2.18. The monoisotopic (exact) mass is 354 g/mol. The number of rotatable bonds is 5. The van der Waals surface area contributed by atoms with Crippen molar-refractivity contribution in [1.29, 1.82) is 0 Å². The number of carbonyl (C=O) groups is 2. The molecule has 3 N–H and O–H groups in total. The van der Waals surface area contributed by atoms with Gasteiger partial charge in [0, 0.05) is 18.1 Å². The zero-order valence-electron chi connectivity index (χ0n) is 14.3. The van der Waals surface area contributed by atoms with Gasteiger partial charge in [-0.25, -0.2) is 14.6 Å². The van der Waals surface area contributed by atoms with Gasteiger partial charge in [0.2, 0.25) is 5.89 Å². The molecule has 2 amide bonds. The number of pyridine rings is 1. The lowest BCUT2D eigenvalue weighted by molar-refractivity contribution is -0.140. The predicted molar refractivity (Wildman–Crippen MR) is 95.7 cm³/mol. The molecule has 3 aromatic rings. The summed E-state index contributed by atoms with van der Waals surface area (Å²) in [6, 6.07) is 7.06. The number of carboxylic acids is 1. The van der Waals surface area contributed by atoms with Gasteiger partial charge in [-0.3, -0.25) is 4.98 Å². The minimum absolute atomic E-state index is 0.238. The number of carboxylic acid groups (broad SMARTS) is 1. The number of anilines is 1. The maximum atomic E-state index is 12.1. The number of carbonyl (C=O) groups excluding carboxylic acids is 1. The van der Waals surface area contributed by atoms with Crippen LogP contribution >= 0.6 is 0 Å². The molecule has 8 heteroatoms. The van der Waals surface area contributed by atoms with Gasteiger partial charge in [0.05, 0.1) is 5.56 Å². The average Bonchev–Trinajstić information content (AvgIpc) is 3.03. The molecule has 26 heavy (non-hydrogen) atoms. The number of oxazole rings is 1. The first kappa shape index (κ1) is 17.4. The van der Waals surface area contributed by atoms with Crippen molar-refractivity contribution in [2.24, 2.45) is 5.92 Å². The first-order chi connectivity index (χ1) is 12.4. The summed E-state index contributed by atoms with van der Waals surface area (Å²) in [6.07, 6.45) is 3.31. The summed E-state index contributed by atoms with van der Waals surface area (Å²) in [5.41, 5.74) is 2.37. The zero-order chi connectivity index (χ0) is 18.7. The highest BCUT2D eigenvalue weighted by Crippen LogP contribution is 2.25. The Balaban J connectivity index is 1.77. The van der Waals surface area contributed by atoms with Gasteiger partial charge in [-0.15, -0.1) is 0 Å². The van der Waals surface area contributed by atoms with Crippen LogP contribution in [0.3, 0.4) is 0 Å². The van der Waals surface area contributed by atoms with E-state index in [0.29, 0.717) is 22.7 Å². The van der Waals surface area contributed by atoms with E-state index in [2.05, 4.69) is 20.6 Å². The van der Waals surface area contributed by atoms with Gasteiger partial charge in [-0.2, -0.15) is 0 Å². The molecule has 2 aromatic heterocycles. The van der Waals surface area contributed by atoms with Crippen LogP contribution in [0.25, 0.3) is 22.6 Å². The van der Waals surface area contributed by atoms with E-state index in [-0.39, 0.29) is 5.92 Å². The van der Waals surface area contributed by atoms with Crippen molar-refractivity contribution in [2.75, 3.05) is 5.32 Å². The quantitative estimate of drug-likeness (QED) is 0.648. The summed E-state index contributed by atoms with van der Waals surface area (Å²) >= 11 is 0. The highest BCUT2D eigenvalue weighted by molar-refractivity contribution is 5.94. The van der Waals surface area contributed by atoms with Crippen molar-refractivity contribution < 1.29 is 19.1 Å². The molecule has 0 aliphatic heterocycles. The third-order valence-electron chi connectivity index (χ3n) is 3.77. The maximum absolute atomic E-state index is 12.1. The van der Waals surface area contributed by atoms with Gasteiger partial charge in [-0.1, -0.05) is 13.8 Å². The van der Waals surface area contributed by atoms with Crippen LogP contribution in [0, 0.1) is 5.92 Å². The first-order valence-corrected chi connectivity index (χ1v) is 8.05. The van der Waals surface area contributed by atoms with E-state index < -0.39 is 18.0 Å². The fourth-order valence-electron chi connectivity index (χ4n) is 2.44. The molecule has 1 atom stereocenters. The van der Waals surface area contributed by atoms with E-state index in [1.807, 2.05) is 6.07 Å². The number of hydrogen-bond acceptors (Lipinski definition) is 5. The zero-order valence-corrected chi connectivity index (χ0v) is 14.3. The van der Waals surface area contributed by atoms with E-state index in [4.69, 9.17) is 9.52 Å². The molecule has 0 fully saturated rings. The predicted octanol–water partition coefficient (Wildman–Crippen LogP) is 3.12. The van der Waals surface area contributed by atoms with Crippen LogP contribution in [0.4, 0.5) is 10.5 Å². The molecule has 0 saturated carbocycles. The van der Waals surface area contributed by atoms with E-state index >= 15 is 0 Å². The maximum Gasteiger partial charge on any atom is 0.326 e. The van der Waals surface area contributed by atoms with Crippen LogP contribution in [0.1, 0.15) is 13.8 Å². The number of fused-ring (bicyclic) bond motifs is 1. The lowest BCUT2D eigenvalue weighted by Crippen LogP contribution is -2.46. The van der Waals surface area contributed by atoms with Crippen LogP contribution in [0.5, 0.6) is 0 Å². The molecular formula is C18H18N4O4. The van der Waals surface area contributed by atoms with Crippen LogP contribution in [-0.4, -0.2) is 33.1 Å². The summed E-state index contributed by atoms with van der Waals surface area (Å²) < 4.78 is 5.68. The Kier molecular flexibility index (Phi) is 4.83. The molecule has 3 rings (SSSR count). The van der Waals surface area contributed by atoms with Gasteiger partial charge >= 0.3 is 12.0 Å². The smallest absolute Gasteiger partial charge is 0.326 e. The molecule has 134 valence electrons. The molecule has 8 nitrogen and oxygen atoms in total. The van der Waals surface area contributed by atoms with Crippen molar-refractivity contribution in [3.8, 4) is 11.5 Å². The summed E-state index contributed by atoms with van der Waals surface area (Å²) in [7, 11) is 0. The molecule has 0 aliphatic rings. The number of nitrogens with zero attached hydrogens (tertiary/aromatic N) is 2. The van der Waals surface area contributed by atoms with E-state index in [9.17, 15) is 9.59 Å². The molecule has 0 spiro atoms. The Morgan fingerprint density at radius 2 is 2.04 bits per heavy atom. The standard InChI is InChI=1S/C18H18N4O4/c1-10(2)15(17(23)24)22-18(25)20-12-5-6-14-13(8-12)21-16(26-14)11-4-3-7-19-9-11/h3-10,15H,1-2H3,(H,23,24)(H2,20,22,25). The Hall–Kier alpha value is -3.42. The summed E-state index contributed by atoms with van der Waals surface area (Å²) in [4.78, 5) is 31.7. The summed E-state index contributed by atoms with van der Waals surface area (Å²) in [5.74, 6) is -0.887. The second kappa shape index (κ2) is 7.22. The molecule has 0 aliphatic carbocycles. The van der Waals surface area contributed by atoms with Gasteiger partial charge in [0.1, 0.15) is 11.6 Å². The van der Waals surface area contributed by atoms with Crippen LogP contribution in [-0.2, 0) is 4.79 Å². The molecule has 0 radical (unpaired) electrons. The van der Waals surface area contributed by atoms with Crippen molar-refractivity contribution in [1.82, 2.24) is 15.3 Å². The SMILES string of the molecule is CC(C)C(NC(=O)Nc1ccc2oc(-c3cccnc3)nc2c1)C(=O)O. The molecule has 1 aromatic carbocycles. The molecule has 1 unspecified atom stereocenters. The fraction of sp³-hybridized carbons (Fsp3) is 0.222. The number of aliphatic carboxylic acids is 1. The van der Waals surface area contributed by atoms with Crippen molar-refractivity contribution in [3.63, 3.8) is 0 Å². The summed E-state index contributed by atoms with van der Waals surface area (Å²) in [5, 5.41) is 14.2. The second-order valence-electron chi connectivity index (χ2n) is 6.10. The van der Waals surface area contributed by atoms with E-state index in [1.165, 1.54) is 0 Å². The Morgan fingerprint density at radius 3 is 2.69 bits per heavy atom. The third kappa shape index (κ3) is 3.80. The van der Waals surface area contributed by atoms with Crippen molar-refractivity contribution in [3.05, 3.63) is 42.7 Å². The van der Waals surface area contributed by atoms with Crippen molar-refractivity contribution >= 4 is 28.8 Å². The van der Waals surface area contributed by atoms with E-state index in [0.717, 1.165) is 5.56 Å². The molecule has 2 heterocycles. The number of nitrogens with one attached hydrogen (secondary N) is 2. The molecule has 0 bridgehead atoms. The number of aromatic nitrogens is 2. The Bertz CT molecular complexity index is 937. The fourth-order valence-corrected chi connectivity index (χ4v) is 2.44. The lowest BCUT2D eigenvalue weighted by atomic mass is 10.1. The topological polar surface area (TPSA) is 117 Å². The largest absolute Gasteiger partial charge is 0.480 e. The number of hydrogen-bond donors (Lipinski definition) is 3. The van der Waals surface area contributed by atoms with Gasteiger partial charge in [-0.05, 0) is 36.2 Å². The normalized spacial score (nSPS) is 12.1. The molecule has 0 saturated heterocycles. The third-order valence-corrected chi connectivity index (χ3v) is 3.77.